The molecule has 0 nitrogen and oxygen atoms in total. The summed E-state index contributed by atoms with van der Waals surface area (Å²) in [4.78, 5) is 0. The van der Waals surface area contributed by atoms with Crippen LogP contribution in [0, 0.1) is 0 Å². The molecule has 209 valence electrons. The van der Waals surface area contributed by atoms with Crippen LogP contribution in [0.3, 0.4) is 0 Å². The summed E-state index contributed by atoms with van der Waals surface area (Å²) in [6.07, 6.45) is 0. The molecular weight excluding hydrogens is 672 g/mol. The number of hydrogen-bond acceptors (Lipinski definition) is 0. The normalized spacial score (nSPS) is 10.3. The molecule has 0 aliphatic rings. The molecule has 41 heavy (non-hydrogen) atoms. The van der Waals surface area contributed by atoms with Gasteiger partial charge in [-0.3, -0.25) is 0 Å². The molecule has 0 aliphatic carbocycles. The van der Waals surface area contributed by atoms with Crippen molar-refractivity contribution in [1.29, 1.82) is 0 Å². The van der Waals surface area contributed by atoms with Crippen molar-refractivity contribution in [2.45, 2.75) is 0 Å². The van der Waals surface area contributed by atoms with E-state index in [9.17, 15) is 0 Å². The predicted molar refractivity (Wildman–Crippen MR) is 182 cm³/mol. The molecule has 6 rings (SSSR count). The molecule has 0 bridgehead atoms. The first-order valence-electron chi connectivity index (χ1n) is 13.0. The molecule has 5 heteroatoms. The maximum atomic E-state index is 4.81. The Morgan fingerprint density at radius 1 is 0.268 bits per heavy atom. The largest absolute Gasteiger partial charge is 0.0622 e. The zero-order valence-corrected chi connectivity index (χ0v) is 27.1. The summed E-state index contributed by atoms with van der Waals surface area (Å²) in [6.45, 7) is 0. The minimum atomic E-state index is -0.446. The van der Waals surface area contributed by atoms with Gasteiger partial charge in [0, 0.05) is 0 Å². The van der Waals surface area contributed by atoms with Gasteiger partial charge in [0.25, 0.3) is 0 Å². The number of hydrogen-bond donors (Lipinski definition) is 0. The summed E-state index contributed by atoms with van der Waals surface area (Å²) in [5, 5.41) is 8.39. The molecule has 0 saturated heterocycles. The van der Waals surface area contributed by atoms with Crippen molar-refractivity contribution < 1.29 is 15.9 Å². The molecule has 0 fully saturated rings. The molecule has 0 radical (unpaired) electrons. The van der Waals surface area contributed by atoms with E-state index in [4.69, 9.17) is 19.1 Å². The Kier molecular flexibility index (Phi) is 13.8. The van der Waals surface area contributed by atoms with Gasteiger partial charge >= 0.3 is 35.0 Å². The molecule has 0 aromatic heterocycles. The van der Waals surface area contributed by atoms with Gasteiger partial charge < -0.3 is 0 Å². The Labute approximate surface area is 263 Å². The first-order valence-corrected chi connectivity index (χ1v) is 19.7. The Bertz CT molecular complexity index is 1200. The molecule has 6 aromatic carbocycles. The van der Waals surface area contributed by atoms with Crippen LogP contribution in [-0.2, 0) is 15.9 Å². The quantitative estimate of drug-likeness (QED) is 0.121. The van der Waals surface area contributed by atoms with Gasteiger partial charge in [0.2, 0.25) is 0 Å². The molecule has 0 heterocycles. The van der Waals surface area contributed by atoms with E-state index in [1.54, 1.807) is 0 Å². The molecule has 0 atom stereocenters. The first-order chi connectivity index (χ1) is 20.3. The van der Waals surface area contributed by atoms with Gasteiger partial charge in [-0.05, 0) is 47.7 Å². The summed E-state index contributed by atoms with van der Waals surface area (Å²) >= 11 is -0.106. The molecule has 0 spiro atoms. The molecule has 0 N–H and O–H groups in total. The van der Waals surface area contributed by atoms with Gasteiger partial charge in [-0.25, -0.2) is 0 Å². The van der Waals surface area contributed by atoms with E-state index in [0.717, 1.165) is 0 Å². The van der Waals surface area contributed by atoms with Crippen LogP contribution in [0.4, 0.5) is 0 Å². The van der Waals surface area contributed by atoms with Crippen LogP contribution >= 0.6 is 34.9 Å². The van der Waals surface area contributed by atoms with Crippen LogP contribution in [-0.4, -0.2) is 0 Å². The van der Waals surface area contributed by atoms with Gasteiger partial charge in [0.15, 0.2) is 0 Å². The second-order valence-electron chi connectivity index (χ2n) is 8.73. The van der Waals surface area contributed by atoms with E-state index in [-0.39, 0.29) is 15.9 Å². The maximum Gasteiger partial charge on any atom is -0.0134 e. The Hall–Kier alpha value is -2.58. The van der Waals surface area contributed by atoms with E-state index in [0.29, 0.717) is 0 Å². The van der Waals surface area contributed by atoms with E-state index < -0.39 is 15.8 Å². The van der Waals surface area contributed by atoms with Crippen LogP contribution in [0.25, 0.3) is 0 Å². The van der Waals surface area contributed by atoms with Crippen molar-refractivity contribution in [3.63, 3.8) is 0 Å². The van der Waals surface area contributed by atoms with Crippen molar-refractivity contribution in [2.75, 3.05) is 0 Å². The maximum absolute atomic E-state index is 4.81. The molecule has 0 saturated carbocycles. The predicted octanol–water partition coefficient (Wildman–Crippen LogP) is 8.27. The SMILES string of the molecule is [Cl][Pd-][Cl].c1ccc(P(c2ccccc2)c2ccccc2)cc1.c1ccc(P(c2ccccc2)c2ccccc2)cc1. The Morgan fingerprint density at radius 2 is 0.390 bits per heavy atom. The third kappa shape index (κ3) is 9.74. The Balaban J connectivity index is 0.000000173. The monoisotopic (exact) mass is 700 g/mol. The molecule has 0 aliphatic heterocycles. The van der Waals surface area contributed by atoms with Crippen molar-refractivity contribution in [1.82, 2.24) is 0 Å². The van der Waals surface area contributed by atoms with Gasteiger partial charge in [-0.1, -0.05) is 182 Å². The molecule has 0 amide bonds. The summed E-state index contributed by atoms with van der Waals surface area (Å²) in [5.74, 6) is 0. The van der Waals surface area contributed by atoms with E-state index in [2.05, 4.69) is 182 Å². The summed E-state index contributed by atoms with van der Waals surface area (Å²) in [7, 11) is 8.74. The van der Waals surface area contributed by atoms with Gasteiger partial charge in [0.05, 0.1) is 0 Å². The molecular formula is C36H30Cl2P2Pd-. The van der Waals surface area contributed by atoms with Crippen LogP contribution in [0.1, 0.15) is 0 Å². The van der Waals surface area contributed by atoms with Crippen molar-refractivity contribution in [3.05, 3.63) is 182 Å². The van der Waals surface area contributed by atoms with E-state index >= 15 is 0 Å². The zero-order valence-electron chi connectivity index (χ0n) is 22.3. The van der Waals surface area contributed by atoms with Crippen molar-refractivity contribution in [2.24, 2.45) is 0 Å². The van der Waals surface area contributed by atoms with Crippen LogP contribution in [0.15, 0.2) is 182 Å². The molecule has 0 unspecified atom stereocenters. The van der Waals surface area contributed by atoms with Crippen LogP contribution < -0.4 is 31.8 Å². The zero-order chi connectivity index (χ0) is 28.5. The second kappa shape index (κ2) is 18.1. The van der Waals surface area contributed by atoms with Crippen LogP contribution in [0.2, 0.25) is 0 Å². The molecule has 6 aromatic rings. The average Bonchev–Trinajstić information content (AvgIpc) is 3.05. The number of halogens is 2. The third-order valence-corrected chi connectivity index (χ3v) is 11.0. The van der Waals surface area contributed by atoms with Gasteiger partial charge in [-0.15, -0.1) is 0 Å². The van der Waals surface area contributed by atoms with Gasteiger partial charge in [0.1, 0.15) is 0 Å². The van der Waals surface area contributed by atoms with Crippen LogP contribution in [0.5, 0.6) is 0 Å². The standard InChI is InChI=1S/2C18H15P.2ClH.Pd/c2*1-4-10-16(11-5-1)19(17-12-6-2-7-13-17)18-14-8-3-9-15-18;;;/h2*1-15H;2*1H;/q;;;;+1/p-2. The van der Waals surface area contributed by atoms with Crippen molar-refractivity contribution >= 4 is 66.7 Å². The van der Waals surface area contributed by atoms with Gasteiger partial charge in [-0.2, -0.15) is 0 Å². The fourth-order valence-corrected chi connectivity index (χ4v) is 8.97. The fourth-order valence-electron chi connectivity index (χ4n) is 4.36. The topological polar surface area (TPSA) is 0 Å². The average molecular weight is 702 g/mol. The number of rotatable bonds is 6. The summed E-state index contributed by atoms with van der Waals surface area (Å²) in [5.41, 5.74) is 0. The Morgan fingerprint density at radius 3 is 0.512 bits per heavy atom. The smallest absolute Gasteiger partial charge is 0.0134 e. The fraction of sp³-hybridized carbons (Fsp3) is 0. The summed E-state index contributed by atoms with van der Waals surface area (Å²) in [6, 6.07) is 64.7. The number of benzene rings is 6. The first kappa shape index (κ1) is 31.4. The van der Waals surface area contributed by atoms with Crippen molar-refractivity contribution in [3.8, 4) is 0 Å². The third-order valence-electron chi connectivity index (χ3n) is 6.09. The second-order valence-corrected chi connectivity index (χ2v) is 15.5. The minimum absolute atomic E-state index is 0.106. The minimum Gasteiger partial charge on any atom is -0.0622 e. The summed E-state index contributed by atoms with van der Waals surface area (Å²) < 4.78 is 0. The van der Waals surface area contributed by atoms with E-state index in [1.807, 2.05) is 0 Å². The van der Waals surface area contributed by atoms with E-state index in [1.165, 1.54) is 31.8 Å².